The van der Waals surface area contributed by atoms with Crippen molar-refractivity contribution < 1.29 is 4.74 Å². The van der Waals surface area contributed by atoms with Crippen molar-refractivity contribution in [1.82, 2.24) is 5.32 Å². The molecule has 0 fully saturated rings. The second-order valence-electron chi connectivity index (χ2n) is 4.97. The van der Waals surface area contributed by atoms with Gasteiger partial charge in [0.15, 0.2) is 0 Å². The largest absolute Gasteiger partial charge is 0.496 e. The van der Waals surface area contributed by atoms with Gasteiger partial charge in [0.25, 0.3) is 0 Å². The Bertz CT molecular complexity index is 610. The predicted octanol–water partition coefficient (Wildman–Crippen LogP) is 4.38. The number of aryl methyl sites for hydroxylation is 2. The van der Waals surface area contributed by atoms with Crippen LogP contribution < -0.4 is 10.1 Å². The highest BCUT2D eigenvalue weighted by Gasteiger charge is 2.18. The quantitative estimate of drug-likeness (QED) is 0.896. The summed E-state index contributed by atoms with van der Waals surface area (Å²) in [6, 6.07) is 12.8. The van der Waals surface area contributed by atoms with Crippen LogP contribution in [-0.2, 0) is 0 Å². The molecule has 1 atom stereocenters. The number of hydrogen-bond donors (Lipinski definition) is 1. The molecule has 0 heterocycles. The van der Waals surface area contributed by atoms with Gasteiger partial charge in [0, 0.05) is 10.0 Å². The highest BCUT2D eigenvalue weighted by Crippen LogP contribution is 2.33. The Balaban J connectivity index is 2.54. The lowest BCUT2D eigenvalue weighted by Gasteiger charge is -2.22. The summed E-state index contributed by atoms with van der Waals surface area (Å²) < 4.78 is 6.56. The number of nitrogens with one attached hydrogen (secondary N) is 1. The van der Waals surface area contributed by atoms with Crippen LogP contribution in [0.15, 0.2) is 40.9 Å². The van der Waals surface area contributed by atoms with Gasteiger partial charge in [-0.2, -0.15) is 0 Å². The lowest BCUT2D eigenvalue weighted by Crippen LogP contribution is -2.19. The minimum Gasteiger partial charge on any atom is -0.496 e. The molecule has 0 amide bonds. The second kappa shape index (κ2) is 6.42. The lowest BCUT2D eigenvalue weighted by atomic mass is 9.93. The van der Waals surface area contributed by atoms with Crippen molar-refractivity contribution in [2.75, 3.05) is 14.2 Å². The van der Waals surface area contributed by atoms with E-state index in [4.69, 9.17) is 4.74 Å². The summed E-state index contributed by atoms with van der Waals surface area (Å²) in [7, 11) is 3.69. The van der Waals surface area contributed by atoms with E-state index in [1.165, 1.54) is 16.7 Å². The molecule has 2 nitrogen and oxygen atoms in total. The van der Waals surface area contributed by atoms with Crippen LogP contribution in [0.25, 0.3) is 0 Å². The highest BCUT2D eigenvalue weighted by molar-refractivity contribution is 9.10. The molecule has 0 aliphatic heterocycles. The monoisotopic (exact) mass is 333 g/mol. The molecule has 2 aromatic carbocycles. The van der Waals surface area contributed by atoms with Crippen LogP contribution in [0.5, 0.6) is 5.75 Å². The van der Waals surface area contributed by atoms with E-state index in [1.807, 2.05) is 19.2 Å². The first-order chi connectivity index (χ1) is 9.56. The van der Waals surface area contributed by atoms with E-state index in [0.29, 0.717) is 0 Å². The molecular weight excluding hydrogens is 314 g/mol. The Morgan fingerprint density at radius 3 is 2.40 bits per heavy atom. The molecule has 0 aliphatic rings. The molecular formula is C17H20BrNO. The molecule has 0 spiro atoms. The molecule has 2 aromatic rings. The van der Waals surface area contributed by atoms with Crippen molar-refractivity contribution in [2.24, 2.45) is 0 Å². The fourth-order valence-electron chi connectivity index (χ4n) is 2.56. The van der Waals surface area contributed by atoms with Crippen LogP contribution in [0.1, 0.15) is 28.3 Å². The summed E-state index contributed by atoms with van der Waals surface area (Å²) >= 11 is 3.54. The fourth-order valence-corrected chi connectivity index (χ4v) is 2.94. The van der Waals surface area contributed by atoms with Crippen molar-refractivity contribution >= 4 is 15.9 Å². The van der Waals surface area contributed by atoms with Gasteiger partial charge in [-0.05, 0) is 50.2 Å². The zero-order valence-corrected chi connectivity index (χ0v) is 13.9. The standard InChI is InChI=1S/C17H20BrNO/c1-11-5-7-14(12(2)9-11)17(19-3)15-10-13(18)6-8-16(15)20-4/h5-10,17,19H,1-4H3. The normalized spacial score (nSPS) is 12.2. The van der Waals surface area contributed by atoms with E-state index < -0.39 is 0 Å². The van der Waals surface area contributed by atoms with E-state index in [2.05, 4.69) is 59.4 Å². The molecule has 0 saturated carbocycles. The van der Waals surface area contributed by atoms with E-state index >= 15 is 0 Å². The molecule has 106 valence electrons. The van der Waals surface area contributed by atoms with Crippen LogP contribution >= 0.6 is 15.9 Å². The van der Waals surface area contributed by atoms with E-state index in [-0.39, 0.29) is 6.04 Å². The van der Waals surface area contributed by atoms with Gasteiger partial charge in [-0.1, -0.05) is 39.7 Å². The molecule has 3 heteroatoms. The van der Waals surface area contributed by atoms with Crippen LogP contribution in [0.4, 0.5) is 0 Å². The summed E-state index contributed by atoms with van der Waals surface area (Å²) in [6.45, 7) is 4.27. The van der Waals surface area contributed by atoms with Crippen LogP contribution in [0.2, 0.25) is 0 Å². The van der Waals surface area contributed by atoms with Gasteiger partial charge in [-0.25, -0.2) is 0 Å². The molecule has 1 unspecified atom stereocenters. The van der Waals surface area contributed by atoms with E-state index in [1.54, 1.807) is 7.11 Å². The lowest BCUT2D eigenvalue weighted by molar-refractivity contribution is 0.405. The number of ether oxygens (including phenoxy) is 1. The van der Waals surface area contributed by atoms with Gasteiger partial charge >= 0.3 is 0 Å². The predicted molar refractivity (Wildman–Crippen MR) is 87.5 cm³/mol. The second-order valence-corrected chi connectivity index (χ2v) is 5.88. The fraction of sp³-hybridized carbons (Fsp3) is 0.294. The summed E-state index contributed by atoms with van der Waals surface area (Å²) in [5.74, 6) is 0.896. The Labute approximate surface area is 129 Å². The van der Waals surface area contributed by atoms with Crippen LogP contribution in [0, 0.1) is 13.8 Å². The Hall–Kier alpha value is -1.32. The molecule has 0 aliphatic carbocycles. The first-order valence-electron chi connectivity index (χ1n) is 6.64. The van der Waals surface area contributed by atoms with Crippen molar-refractivity contribution in [1.29, 1.82) is 0 Å². The average molecular weight is 334 g/mol. The van der Waals surface area contributed by atoms with Crippen LogP contribution in [0.3, 0.4) is 0 Å². The number of methoxy groups -OCH3 is 1. The number of hydrogen-bond acceptors (Lipinski definition) is 2. The molecule has 0 aromatic heterocycles. The van der Waals surface area contributed by atoms with Crippen molar-refractivity contribution in [3.8, 4) is 5.75 Å². The SMILES string of the molecule is CNC(c1ccc(C)cc1C)c1cc(Br)ccc1OC. The third kappa shape index (κ3) is 3.05. The van der Waals surface area contributed by atoms with Gasteiger partial charge in [-0.3, -0.25) is 0 Å². The van der Waals surface area contributed by atoms with Gasteiger partial charge in [0.05, 0.1) is 13.2 Å². The third-order valence-corrected chi connectivity index (χ3v) is 4.02. The maximum Gasteiger partial charge on any atom is 0.124 e. The van der Waals surface area contributed by atoms with Gasteiger partial charge in [0.2, 0.25) is 0 Å². The van der Waals surface area contributed by atoms with E-state index in [0.717, 1.165) is 15.8 Å². The molecule has 1 N–H and O–H groups in total. The number of rotatable bonds is 4. The van der Waals surface area contributed by atoms with Crippen molar-refractivity contribution in [3.63, 3.8) is 0 Å². The number of halogens is 1. The zero-order valence-electron chi connectivity index (χ0n) is 12.3. The molecule has 2 rings (SSSR count). The summed E-state index contributed by atoms with van der Waals surface area (Å²) in [5, 5.41) is 3.40. The van der Waals surface area contributed by atoms with Crippen LogP contribution in [-0.4, -0.2) is 14.2 Å². The maximum absolute atomic E-state index is 5.51. The summed E-state index contributed by atoms with van der Waals surface area (Å²) in [4.78, 5) is 0. The minimum absolute atomic E-state index is 0.114. The minimum atomic E-state index is 0.114. The smallest absolute Gasteiger partial charge is 0.124 e. The third-order valence-electron chi connectivity index (χ3n) is 3.53. The molecule has 0 saturated heterocycles. The van der Waals surface area contributed by atoms with E-state index in [9.17, 15) is 0 Å². The first-order valence-corrected chi connectivity index (χ1v) is 7.44. The Morgan fingerprint density at radius 1 is 1.05 bits per heavy atom. The van der Waals surface area contributed by atoms with Gasteiger partial charge < -0.3 is 10.1 Å². The average Bonchev–Trinajstić information content (AvgIpc) is 2.42. The summed E-state index contributed by atoms with van der Waals surface area (Å²) in [5.41, 5.74) is 4.97. The molecule has 0 radical (unpaired) electrons. The zero-order chi connectivity index (χ0) is 14.7. The van der Waals surface area contributed by atoms with Crippen molar-refractivity contribution in [2.45, 2.75) is 19.9 Å². The maximum atomic E-state index is 5.51. The van der Waals surface area contributed by atoms with Gasteiger partial charge in [0.1, 0.15) is 5.75 Å². The topological polar surface area (TPSA) is 21.3 Å². The van der Waals surface area contributed by atoms with Gasteiger partial charge in [-0.15, -0.1) is 0 Å². The molecule has 20 heavy (non-hydrogen) atoms. The Kier molecular flexibility index (Phi) is 4.84. The first kappa shape index (κ1) is 15.1. The number of benzene rings is 2. The highest BCUT2D eigenvalue weighted by atomic mass is 79.9. The van der Waals surface area contributed by atoms with Crippen molar-refractivity contribution in [3.05, 3.63) is 63.1 Å². The molecule has 0 bridgehead atoms. The summed E-state index contributed by atoms with van der Waals surface area (Å²) in [6.07, 6.45) is 0. The Morgan fingerprint density at radius 2 is 1.80 bits per heavy atom.